The lowest BCUT2D eigenvalue weighted by Crippen LogP contribution is -2.33. The van der Waals surface area contributed by atoms with E-state index in [-0.39, 0.29) is 18.0 Å². The third-order valence-electron chi connectivity index (χ3n) is 5.05. The molecule has 0 amide bonds. The maximum atomic E-state index is 9.90. The van der Waals surface area contributed by atoms with Crippen LogP contribution in [0.2, 0.25) is 5.02 Å². The van der Waals surface area contributed by atoms with Crippen LogP contribution in [0.3, 0.4) is 0 Å². The Labute approximate surface area is 171 Å². The molecule has 0 unspecified atom stereocenters. The summed E-state index contributed by atoms with van der Waals surface area (Å²) in [6.07, 6.45) is 0.433. The Morgan fingerprint density at radius 3 is 2.93 bits per heavy atom. The van der Waals surface area contributed by atoms with Crippen LogP contribution in [-0.4, -0.2) is 22.9 Å². The number of benzene rings is 2. The summed E-state index contributed by atoms with van der Waals surface area (Å²) in [6.45, 7) is 0. The molecule has 5 nitrogen and oxygen atoms in total. The van der Waals surface area contributed by atoms with Crippen molar-refractivity contribution in [1.82, 2.24) is 5.01 Å². The van der Waals surface area contributed by atoms with Gasteiger partial charge in [-0.3, -0.25) is 0 Å². The fraction of sp³-hybridized carbons (Fsp3) is 0.190. The van der Waals surface area contributed by atoms with Gasteiger partial charge in [-0.2, -0.15) is 5.10 Å². The van der Waals surface area contributed by atoms with Crippen LogP contribution in [-0.2, 0) is 0 Å². The van der Waals surface area contributed by atoms with E-state index in [0.29, 0.717) is 17.2 Å². The smallest absolute Gasteiger partial charge is 0.222 e. The van der Waals surface area contributed by atoms with Gasteiger partial charge in [0.05, 0.1) is 23.7 Å². The standard InChI is InChI=1S/C21H17ClN2O3S/c1-26-19-9-12(4-6-17(19)25)15-11-16-14-10-13(22)5-7-18(14)27-21(24(16)23-15)20-3-2-8-28-20/h2-10,16,21,25H,11H2,1H3/t16-,21-/m1/s1. The quantitative estimate of drug-likeness (QED) is 0.629. The van der Waals surface area contributed by atoms with Crippen molar-refractivity contribution in [2.24, 2.45) is 5.10 Å². The lowest BCUT2D eigenvalue weighted by Gasteiger charge is -2.37. The van der Waals surface area contributed by atoms with Crippen molar-refractivity contribution in [3.63, 3.8) is 0 Å². The van der Waals surface area contributed by atoms with Crippen LogP contribution >= 0.6 is 22.9 Å². The lowest BCUT2D eigenvalue weighted by molar-refractivity contribution is -0.0165. The number of thiophene rings is 1. The molecule has 2 atom stereocenters. The van der Waals surface area contributed by atoms with Gasteiger partial charge in [-0.1, -0.05) is 17.7 Å². The molecule has 7 heteroatoms. The van der Waals surface area contributed by atoms with Crippen LogP contribution in [0.5, 0.6) is 17.2 Å². The van der Waals surface area contributed by atoms with E-state index in [2.05, 4.69) is 6.07 Å². The number of hydrogen-bond donors (Lipinski definition) is 1. The second kappa shape index (κ2) is 6.72. The molecule has 0 saturated carbocycles. The summed E-state index contributed by atoms with van der Waals surface area (Å²) in [6, 6.07) is 15.1. The number of methoxy groups -OCH3 is 1. The van der Waals surface area contributed by atoms with Gasteiger partial charge < -0.3 is 14.6 Å². The molecule has 0 bridgehead atoms. The van der Waals surface area contributed by atoms with Gasteiger partial charge in [0.25, 0.3) is 0 Å². The first-order valence-corrected chi connectivity index (χ1v) is 10.1. The van der Waals surface area contributed by atoms with E-state index in [0.717, 1.165) is 27.5 Å². The van der Waals surface area contributed by atoms with Crippen LogP contribution < -0.4 is 9.47 Å². The summed E-state index contributed by atoms with van der Waals surface area (Å²) in [5, 5.41) is 19.5. The van der Waals surface area contributed by atoms with Gasteiger partial charge in [0.15, 0.2) is 11.5 Å². The molecule has 0 saturated heterocycles. The van der Waals surface area contributed by atoms with Crippen LogP contribution in [0.15, 0.2) is 59.0 Å². The van der Waals surface area contributed by atoms with Crippen LogP contribution in [0.25, 0.3) is 0 Å². The van der Waals surface area contributed by atoms with Crippen molar-refractivity contribution in [1.29, 1.82) is 0 Å². The number of hydrazone groups is 1. The molecule has 28 heavy (non-hydrogen) atoms. The highest BCUT2D eigenvalue weighted by Gasteiger charge is 2.41. The number of fused-ring (bicyclic) bond motifs is 3. The molecule has 0 aliphatic carbocycles. The molecule has 2 aromatic carbocycles. The van der Waals surface area contributed by atoms with E-state index in [1.165, 1.54) is 7.11 Å². The second-order valence-corrected chi connectivity index (χ2v) is 8.12. The maximum Gasteiger partial charge on any atom is 0.222 e. The summed E-state index contributed by atoms with van der Waals surface area (Å²) in [5.74, 6) is 1.38. The Bertz CT molecular complexity index is 1070. The van der Waals surface area contributed by atoms with Gasteiger partial charge in [-0.05, 0) is 47.8 Å². The van der Waals surface area contributed by atoms with Crippen LogP contribution in [0.1, 0.15) is 34.7 Å². The largest absolute Gasteiger partial charge is 0.504 e. The Morgan fingerprint density at radius 2 is 2.14 bits per heavy atom. The van der Waals surface area contributed by atoms with E-state index in [9.17, 15) is 5.11 Å². The van der Waals surface area contributed by atoms with Crippen molar-refractivity contribution >= 4 is 28.6 Å². The first-order valence-electron chi connectivity index (χ1n) is 8.87. The Kier molecular flexibility index (Phi) is 4.18. The molecule has 5 rings (SSSR count). The fourth-order valence-electron chi connectivity index (χ4n) is 3.71. The van der Waals surface area contributed by atoms with Gasteiger partial charge in [0.2, 0.25) is 6.23 Å². The Morgan fingerprint density at radius 1 is 1.25 bits per heavy atom. The van der Waals surface area contributed by atoms with Crippen molar-refractivity contribution < 1.29 is 14.6 Å². The minimum Gasteiger partial charge on any atom is -0.504 e. The van der Waals surface area contributed by atoms with Gasteiger partial charge in [0.1, 0.15) is 5.75 Å². The summed E-state index contributed by atoms with van der Waals surface area (Å²) >= 11 is 7.91. The van der Waals surface area contributed by atoms with Crippen LogP contribution in [0.4, 0.5) is 0 Å². The summed E-state index contributed by atoms with van der Waals surface area (Å²) in [5.41, 5.74) is 2.86. The van der Waals surface area contributed by atoms with Gasteiger partial charge in [0, 0.05) is 22.6 Å². The average Bonchev–Trinajstić information content (AvgIpc) is 3.38. The van der Waals surface area contributed by atoms with Crippen LogP contribution in [0, 0.1) is 0 Å². The lowest BCUT2D eigenvalue weighted by atomic mass is 9.96. The molecule has 0 radical (unpaired) electrons. The summed E-state index contributed by atoms with van der Waals surface area (Å²) < 4.78 is 11.6. The molecule has 3 aromatic rings. The fourth-order valence-corrected chi connectivity index (χ4v) is 4.63. The zero-order valence-corrected chi connectivity index (χ0v) is 16.6. The van der Waals surface area contributed by atoms with E-state index in [4.69, 9.17) is 26.2 Å². The topological polar surface area (TPSA) is 54.3 Å². The van der Waals surface area contributed by atoms with E-state index >= 15 is 0 Å². The predicted molar refractivity (Wildman–Crippen MR) is 110 cm³/mol. The molecule has 1 aromatic heterocycles. The molecule has 0 spiro atoms. The van der Waals surface area contributed by atoms with Crippen molar-refractivity contribution in [2.75, 3.05) is 7.11 Å². The zero-order valence-electron chi connectivity index (χ0n) is 15.0. The molecule has 2 aliphatic heterocycles. The van der Waals surface area contributed by atoms with Gasteiger partial charge in [-0.15, -0.1) is 11.3 Å². The number of ether oxygens (including phenoxy) is 2. The second-order valence-electron chi connectivity index (χ2n) is 6.70. The number of phenols is 1. The number of phenolic OH excluding ortho intramolecular Hbond substituents is 1. The highest BCUT2D eigenvalue weighted by Crippen LogP contribution is 2.49. The molecule has 1 N–H and O–H groups in total. The van der Waals surface area contributed by atoms with E-state index in [1.807, 2.05) is 46.8 Å². The number of hydrogen-bond acceptors (Lipinski definition) is 6. The van der Waals surface area contributed by atoms with E-state index < -0.39 is 0 Å². The minimum absolute atomic E-state index is 0.0318. The van der Waals surface area contributed by atoms with E-state index in [1.54, 1.807) is 17.4 Å². The monoisotopic (exact) mass is 412 g/mol. The SMILES string of the molecule is COc1cc(C2=NN3[C@H](C2)c2cc(Cl)ccc2O[C@@H]3c2cccs2)ccc1O. The first-order chi connectivity index (χ1) is 13.6. The number of aromatic hydroxyl groups is 1. The highest BCUT2D eigenvalue weighted by molar-refractivity contribution is 7.10. The van der Waals surface area contributed by atoms with Crippen molar-refractivity contribution in [3.8, 4) is 17.2 Å². The molecule has 2 aliphatic rings. The molecule has 0 fully saturated rings. The zero-order chi connectivity index (χ0) is 19.3. The third kappa shape index (κ3) is 2.80. The summed E-state index contributed by atoms with van der Waals surface area (Å²) in [4.78, 5) is 1.10. The Hall–Kier alpha value is -2.70. The highest BCUT2D eigenvalue weighted by atomic mass is 35.5. The van der Waals surface area contributed by atoms with Crippen molar-refractivity contribution in [3.05, 3.63) is 74.9 Å². The molecular formula is C21H17ClN2O3S. The molecule has 142 valence electrons. The first kappa shape index (κ1) is 17.4. The third-order valence-corrected chi connectivity index (χ3v) is 6.19. The minimum atomic E-state index is -0.282. The number of rotatable bonds is 3. The molecular weight excluding hydrogens is 396 g/mol. The number of halogens is 1. The number of nitrogens with zero attached hydrogens (tertiary/aromatic N) is 2. The Balaban J connectivity index is 1.59. The summed E-state index contributed by atoms with van der Waals surface area (Å²) in [7, 11) is 1.54. The maximum absolute atomic E-state index is 9.90. The average molecular weight is 413 g/mol. The van der Waals surface area contributed by atoms with Gasteiger partial charge in [-0.25, -0.2) is 5.01 Å². The molecule has 3 heterocycles. The normalized spacial score (nSPS) is 20.2. The predicted octanol–water partition coefficient (Wildman–Crippen LogP) is 5.36. The van der Waals surface area contributed by atoms with Crippen molar-refractivity contribution in [2.45, 2.75) is 18.7 Å². The van der Waals surface area contributed by atoms with Gasteiger partial charge >= 0.3 is 0 Å².